The van der Waals surface area contributed by atoms with Crippen molar-refractivity contribution >= 4 is 5.82 Å². The van der Waals surface area contributed by atoms with Gasteiger partial charge < -0.3 is 10.3 Å². The molecule has 3 nitrogen and oxygen atoms in total. The van der Waals surface area contributed by atoms with Gasteiger partial charge in [-0.1, -0.05) is 18.2 Å². The number of nitrogens with zero attached hydrogens (tertiary/aromatic N) is 2. The van der Waals surface area contributed by atoms with E-state index in [1.165, 1.54) is 5.56 Å². The standard InChI is InChI=1S/C11H13N3/c1-8-5-3-4-6-10(8)14-7-13-11(12)9(14)2/h3-7H,12H2,1-2H3. The zero-order valence-corrected chi connectivity index (χ0v) is 8.36. The molecule has 0 aliphatic carbocycles. The van der Waals surface area contributed by atoms with Gasteiger partial charge in [-0.05, 0) is 25.5 Å². The lowest BCUT2D eigenvalue weighted by atomic mass is 10.2. The molecule has 1 heterocycles. The fourth-order valence-electron chi connectivity index (χ4n) is 1.50. The van der Waals surface area contributed by atoms with Gasteiger partial charge in [-0.2, -0.15) is 0 Å². The van der Waals surface area contributed by atoms with Crippen LogP contribution in [0.4, 0.5) is 5.82 Å². The molecule has 1 aromatic carbocycles. The molecule has 14 heavy (non-hydrogen) atoms. The Hall–Kier alpha value is -1.77. The minimum absolute atomic E-state index is 0.591. The predicted molar refractivity (Wildman–Crippen MR) is 57.5 cm³/mol. The van der Waals surface area contributed by atoms with Crippen LogP contribution >= 0.6 is 0 Å². The average Bonchev–Trinajstić information content (AvgIpc) is 2.49. The van der Waals surface area contributed by atoms with E-state index in [4.69, 9.17) is 5.73 Å². The monoisotopic (exact) mass is 187 g/mol. The summed E-state index contributed by atoms with van der Waals surface area (Å²) in [6.07, 6.45) is 1.76. The zero-order chi connectivity index (χ0) is 10.1. The molecular weight excluding hydrogens is 174 g/mol. The molecule has 72 valence electrons. The molecule has 0 unspecified atom stereocenters. The summed E-state index contributed by atoms with van der Waals surface area (Å²) in [4.78, 5) is 4.07. The smallest absolute Gasteiger partial charge is 0.144 e. The topological polar surface area (TPSA) is 43.8 Å². The van der Waals surface area contributed by atoms with Crippen molar-refractivity contribution in [2.45, 2.75) is 13.8 Å². The van der Waals surface area contributed by atoms with Gasteiger partial charge >= 0.3 is 0 Å². The second-order valence-electron chi connectivity index (χ2n) is 3.37. The van der Waals surface area contributed by atoms with Crippen LogP contribution < -0.4 is 5.73 Å². The van der Waals surface area contributed by atoms with Crippen molar-refractivity contribution in [3.8, 4) is 5.69 Å². The van der Waals surface area contributed by atoms with Crippen LogP contribution in [0.15, 0.2) is 30.6 Å². The lowest BCUT2D eigenvalue weighted by Gasteiger charge is -2.07. The van der Waals surface area contributed by atoms with Crippen molar-refractivity contribution in [1.29, 1.82) is 0 Å². The van der Waals surface area contributed by atoms with E-state index in [0.29, 0.717) is 5.82 Å². The van der Waals surface area contributed by atoms with E-state index in [9.17, 15) is 0 Å². The molecule has 0 radical (unpaired) electrons. The summed E-state index contributed by atoms with van der Waals surface area (Å²) in [5.74, 6) is 0.591. The summed E-state index contributed by atoms with van der Waals surface area (Å²) in [6.45, 7) is 4.04. The number of hydrogen-bond donors (Lipinski definition) is 1. The number of aryl methyl sites for hydroxylation is 1. The van der Waals surface area contributed by atoms with Crippen molar-refractivity contribution in [3.63, 3.8) is 0 Å². The average molecular weight is 187 g/mol. The fraction of sp³-hybridized carbons (Fsp3) is 0.182. The summed E-state index contributed by atoms with van der Waals surface area (Å²) < 4.78 is 2.00. The third-order valence-corrected chi connectivity index (χ3v) is 2.42. The van der Waals surface area contributed by atoms with Crippen molar-refractivity contribution in [1.82, 2.24) is 9.55 Å². The van der Waals surface area contributed by atoms with Gasteiger partial charge in [0.1, 0.15) is 12.1 Å². The van der Waals surface area contributed by atoms with Gasteiger partial charge in [0.25, 0.3) is 0 Å². The molecule has 0 amide bonds. The second-order valence-corrected chi connectivity index (χ2v) is 3.37. The number of imidazole rings is 1. The molecule has 2 rings (SSSR count). The Morgan fingerprint density at radius 1 is 1.21 bits per heavy atom. The fourth-order valence-corrected chi connectivity index (χ4v) is 1.50. The minimum atomic E-state index is 0.591. The van der Waals surface area contributed by atoms with Gasteiger partial charge in [-0.3, -0.25) is 0 Å². The van der Waals surface area contributed by atoms with Crippen LogP contribution in [0.1, 0.15) is 11.3 Å². The minimum Gasteiger partial charge on any atom is -0.382 e. The molecular formula is C11H13N3. The summed E-state index contributed by atoms with van der Waals surface area (Å²) in [6, 6.07) is 8.17. The zero-order valence-electron chi connectivity index (χ0n) is 8.36. The van der Waals surface area contributed by atoms with Crippen LogP contribution in [0.25, 0.3) is 5.69 Å². The van der Waals surface area contributed by atoms with E-state index in [1.54, 1.807) is 6.33 Å². The summed E-state index contributed by atoms with van der Waals surface area (Å²) in [5.41, 5.74) is 9.03. The quantitative estimate of drug-likeness (QED) is 0.742. The number of anilines is 1. The number of nitrogen functional groups attached to an aromatic ring is 1. The maximum atomic E-state index is 5.70. The summed E-state index contributed by atoms with van der Waals surface area (Å²) in [5, 5.41) is 0. The molecule has 0 aliphatic heterocycles. The molecule has 1 aromatic heterocycles. The Morgan fingerprint density at radius 2 is 1.93 bits per heavy atom. The first-order valence-electron chi connectivity index (χ1n) is 4.55. The van der Waals surface area contributed by atoms with Crippen molar-refractivity contribution < 1.29 is 0 Å². The second kappa shape index (κ2) is 3.18. The Labute approximate surface area is 83.2 Å². The normalized spacial score (nSPS) is 10.4. The molecule has 0 atom stereocenters. The molecule has 0 bridgehead atoms. The lowest BCUT2D eigenvalue weighted by Crippen LogP contribution is -1.98. The highest BCUT2D eigenvalue weighted by atomic mass is 15.1. The maximum Gasteiger partial charge on any atom is 0.144 e. The molecule has 0 spiro atoms. The number of para-hydroxylation sites is 1. The van der Waals surface area contributed by atoms with Gasteiger partial charge in [0, 0.05) is 5.69 Å². The third kappa shape index (κ3) is 1.27. The summed E-state index contributed by atoms with van der Waals surface area (Å²) in [7, 11) is 0. The third-order valence-electron chi connectivity index (χ3n) is 2.42. The highest BCUT2D eigenvalue weighted by Gasteiger charge is 2.05. The van der Waals surface area contributed by atoms with E-state index in [-0.39, 0.29) is 0 Å². The number of rotatable bonds is 1. The maximum absolute atomic E-state index is 5.70. The number of aromatic nitrogens is 2. The van der Waals surface area contributed by atoms with Crippen LogP contribution in [-0.2, 0) is 0 Å². The van der Waals surface area contributed by atoms with E-state index in [0.717, 1.165) is 11.4 Å². The van der Waals surface area contributed by atoms with E-state index in [1.807, 2.05) is 23.6 Å². The molecule has 0 saturated carbocycles. The first-order chi connectivity index (χ1) is 6.70. The van der Waals surface area contributed by atoms with Crippen LogP contribution in [-0.4, -0.2) is 9.55 Å². The van der Waals surface area contributed by atoms with E-state index < -0.39 is 0 Å². The number of hydrogen-bond acceptors (Lipinski definition) is 2. The van der Waals surface area contributed by atoms with Crippen LogP contribution in [0.5, 0.6) is 0 Å². The SMILES string of the molecule is Cc1ccccc1-n1cnc(N)c1C. The van der Waals surface area contributed by atoms with Crippen LogP contribution in [0.2, 0.25) is 0 Å². The van der Waals surface area contributed by atoms with Gasteiger partial charge in [-0.25, -0.2) is 4.98 Å². The van der Waals surface area contributed by atoms with Gasteiger partial charge in [-0.15, -0.1) is 0 Å². The summed E-state index contributed by atoms with van der Waals surface area (Å²) >= 11 is 0. The largest absolute Gasteiger partial charge is 0.382 e. The number of nitrogens with two attached hydrogens (primary N) is 1. The van der Waals surface area contributed by atoms with Gasteiger partial charge in [0.05, 0.1) is 5.69 Å². The van der Waals surface area contributed by atoms with E-state index >= 15 is 0 Å². The first-order valence-corrected chi connectivity index (χ1v) is 4.55. The molecule has 0 saturated heterocycles. The molecule has 2 aromatic rings. The van der Waals surface area contributed by atoms with E-state index in [2.05, 4.69) is 24.0 Å². The lowest BCUT2D eigenvalue weighted by molar-refractivity contribution is 0.992. The Morgan fingerprint density at radius 3 is 2.50 bits per heavy atom. The van der Waals surface area contributed by atoms with Crippen molar-refractivity contribution in [2.75, 3.05) is 5.73 Å². The van der Waals surface area contributed by atoms with Crippen LogP contribution in [0.3, 0.4) is 0 Å². The Kier molecular flexibility index (Phi) is 2.00. The van der Waals surface area contributed by atoms with Crippen molar-refractivity contribution in [2.24, 2.45) is 0 Å². The predicted octanol–water partition coefficient (Wildman–Crippen LogP) is 2.07. The first kappa shape index (κ1) is 8.81. The van der Waals surface area contributed by atoms with Crippen LogP contribution in [0, 0.1) is 13.8 Å². The molecule has 3 heteroatoms. The highest BCUT2D eigenvalue weighted by molar-refractivity contribution is 5.46. The van der Waals surface area contributed by atoms with Gasteiger partial charge in [0.15, 0.2) is 0 Å². The number of benzene rings is 1. The van der Waals surface area contributed by atoms with Crippen molar-refractivity contribution in [3.05, 3.63) is 41.9 Å². The van der Waals surface area contributed by atoms with Gasteiger partial charge in [0.2, 0.25) is 0 Å². The molecule has 0 fully saturated rings. The Balaban J connectivity index is 2.60. The highest BCUT2D eigenvalue weighted by Crippen LogP contribution is 2.18. The molecule has 0 aliphatic rings. The Bertz CT molecular complexity index is 457. The molecule has 2 N–H and O–H groups in total.